The van der Waals surface area contributed by atoms with Gasteiger partial charge in [0.2, 0.25) is 5.95 Å². The minimum absolute atomic E-state index is 0.423. The first-order valence-corrected chi connectivity index (χ1v) is 12.3. The van der Waals surface area contributed by atoms with Gasteiger partial charge in [-0.2, -0.15) is 0 Å². The third-order valence-electron chi connectivity index (χ3n) is 7.45. The molecule has 0 spiro atoms. The molecule has 6 rings (SSSR count). The third-order valence-corrected chi connectivity index (χ3v) is 7.45. The van der Waals surface area contributed by atoms with E-state index in [2.05, 4.69) is 99.4 Å². The Morgan fingerprint density at radius 1 is 1.09 bits per heavy atom. The Labute approximate surface area is 206 Å². The zero-order valence-corrected chi connectivity index (χ0v) is 20.3. The van der Waals surface area contributed by atoms with Crippen LogP contribution in [0.1, 0.15) is 42.1 Å². The highest BCUT2D eigenvalue weighted by Crippen LogP contribution is 2.35. The van der Waals surface area contributed by atoms with Crippen molar-refractivity contribution in [3.05, 3.63) is 77.6 Å². The van der Waals surface area contributed by atoms with E-state index in [1.54, 1.807) is 0 Å². The molecule has 2 aromatic carbocycles. The number of hydrogen-bond donors (Lipinski definition) is 4. The highest BCUT2D eigenvalue weighted by atomic mass is 15.6. The molecule has 3 aromatic rings. The number of likely N-dealkylation sites (tertiary alicyclic amines) is 1. The molecule has 1 aromatic heterocycles. The fourth-order valence-electron chi connectivity index (χ4n) is 5.41. The summed E-state index contributed by atoms with van der Waals surface area (Å²) in [5.41, 5.74) is 18.2. The van der Waals surface area contributed by atoms with Gasteiger partial charge in [0.15, 0.2) is 0 Å². The second-order valence-corrected chi connectivity index (χ2v) is 9.86. The number of anilines is 4. The number of nitrogens with zero attached hydrogens (tertiary/aromatic N) is 4. The van der Waals surface area contributed by atoms with E-state index in [1.807, 2.05) is 6.20 Å². The summed E-state index contributed by atoms with van der Waals surface area (Å²) in [5, 5.41) is 3.34. The van der Waals surface area contributed by atoms with E-state index in [0.29, 0.717) is 18.0 Å². The Hall–Kier alpha value is -3.62. The van der Waals surface area contributed by atoms with E-state index in [4.69, 9.17) is 4.98 Å². The van der Waals surface area contributed by atoms with Gasteiger partial charge in [-0.15, -0.1) is 5.53 Å². The Morgan fingerprint density at radius 2 is 1.91 bits per heavy atom. The van der Waals surface area contributed by atoms with Crippen LogP contribution in [0.3, 0.4) is 0 Å². The average Bonchev–Trinajstić information content (AvgIpc) is 3.51. The largest absolute Gasteiger partial charge is 0.369 e. The Kier molecular flexibility index (Phi) is 5.54. The number of hydrogen-bond acceptors (Lipinski definition) is 8. The number of fused-ring (bicyclic) bond motifs is 2. The molecular formula is C27H32N8. The van der Waals surface area contributed by atoms with Gasteiger partial charge in [0, 0.05) is 54.9 Å². The second kappa shape index (κ2) is 8.87. The molecule has 2 atom stereocenters. The first kappa shape index (κ1) is 21.9. The lowest BCUT2D eigenvalue weighted by molar-refractivity contribution is 0.102. The van der Waals surface area contributed by atoms with Crippen LogP contribution < -0.4 is 21.7 Å². The summed E-state index contributed by atoms with van der Waals surface area (Å²) in [6.07, 6.45) is 4.22. The maximum absolute atomic E-state index is 4.84. The van der Waals surface area contributed by atoms with Gasteiger partial charge >= 0.3 is 0 Å². The van der Waals surface area contributed by atoms with Gasteiger partial charge in [-0.3, -0.25) is 4.90 Å². The predicted molar refractivity (Wildman–Crippen MR) is 141 cm³/mol. The molecule has 1 saturated heterocycles. The Bertz CT molecular complexity index is 1250. The zero-order valence-electron chi connectivity index (χ0n) is 20.3. The van der Waals surface area contributed by atoms with E-state index in [0.717, 1.165) is 66.5 Å². The number of nitrogens with one attached hydrogen (secondary N) is 4. The van der Waals surface area contributed by atoms with Crippen LogP contribution in [0, 0.1) is 6.92 Å². The van der Waals surface area contributed by atoms with Crippen LogP contribution in [0.15, 0.2) is 55.2 Å². The number of benzene rings is 2. The van der Waals surface area contributed by atoms with E-state index in [-0.39, 0.29) is 0 Å². The topological polar surface area (TPSA) is 80.4 Å². The molecule has 3 aliphatic rings. The van der Waals surface area contributed by atoms with Crippen molar-refractivity contribution < 1.29 is 0 Å². The number of aryl methyl sites for hydroxylation is 1. The Morgan fingerprint density at radius 3 is 2.74 bits per heavy atom. The van der Waals surface area contributed by atoms with E-state index in [9.17, 15) is 0 Å². The van der Waals surface area contributed by atoms with Crippen LogP contribution in [-0.4, -0.2) is 38.4 Å². The molecule has 0 saturated carbocycles. The molecular weight excluding hydrogens is 436 g/mol. The van der Waals surface area contributed by atoms with E-state index in [1.165, 1.54) is 11.1 Å². The molecule has 8 nitrogen and oxygen atoms in total. The average molecular weight is 469 g/mol. The summed E-state index contributed by atoms with van der Waals surface area (Å²) < 4.78 is 0. The molecule has 4 heterocycles. The van der Waals surface area contributed by atoms with Crippen LogP contribution >= 0.6 is 0 Å². The maximum atomic E-state index is 4.84. The van der Waals surface area contributed by atoms with Gasteiger partial charge in [0.25, 0.3) is 0 Å². The summed E-state index contributed by atoms with van der Waals surface area (Å²) in [5.74, 6) is 0.670. The van der Waals surface area contributed by atoms with Crippen molar-refractivity contribution in [3.8, 4) is 0 Å². The lowest BCUT2D eigenvalue weighted by Gasteiger charge is -2.43. The van der Waals surface area contributed by atoms with Crippen LogP contribution in [-0.2, 0) is 13.1 Å². The van der Waals surface area contributed by atoms with Gasteiger partial charge < -0.3 is 21.1 Å². The van der Waals surface area contributed by atoms with E-state index >= 15 is 0 Å². The second-order valence-electron chi connectivity index (χ2n) is 9.86. The quantitative estimate of drug-likeness (QED) is 0.432. The van der Waals surface area contributed by atoms with Crippen LogP contribution in [0.5, 0.6) is 0 Å². The van der Waals surface area contributed by atoms with Crippen molar-refractivity contribution in [1.82, 2.24) is 25.3 Å². The van der Waals surface area contributed by atoms with Crippen molar-refractivity contribution in [3.63, 3.8) is 0 Å². The van der Waals surface area contributed by atoms with Gasteiger partial charge in [0.1, 0.15) is 0 Å². The molecule has 35 heavy (non-hydrogen) atoms. The summed E-state index contributed by atoms with van der Waals surface area (Å²) in [6, 6.07) is 15.7. The molecule has 4 N–H and O–H groups in total. The molecule has 180 valence electrons. The number of hydrazine groups is 2. The summed E-state index contributed by atoms with van der Waals surface area (Å²) in [7, 11) is 0. The summed E-state index contributed by atoms with van der Waals surface area (Å²) >= 11 is 0. The van der Waals surface area contributed by atoms with E-state index < -0.39 is 0 Å². The predicted octanol–water partition coefficient (Wildman–Crippen LogP) is 4.63. The molecule has 3 aliphatic heterocycles. The van der Waals surface area contributed by atoms with Crippen LogP contribution in [0.25, 0.3) is 5.70 Å². The molecule has 0 radical (unpaired) electrons. The molecule has 8 heteroatoms. The van der Waals surface area contributed by atoms with Crippen molar-refractivity contribution in [2.24, 2.45) is 0 Å². The highest BCUT2D eigenvalue weighted by Gasteiger charge is 2.33. The van der Waals surface area contributed by atoms with Crippen molar-refractivity contribution >= 4 is 28.7 Å². The number of piperidine rings is 1. The van der Waals surface area contributed by atoms with Crippen LogP contribution in [0.4, 0.5) is 23.0 Å². The summed E-state index contributed by atoms with van der Waals surface area (Å²) in [6.45, 7) is 11.7. The minimum atomic E-state index is 0.423. The SMILES string of the molecule is C=C(c1ccc2c(c1)NNN2)N1CC[C@H](N2Cc3cnc(Nc4ccc(C)cc4)nc3C2)C[C@H]1C. The summed E-state index contributed by atoms with van der Waals surface area (Å²) in [4.78, 5) is 14.4. The first-order chi connectivity index (χ1) is 17.0. The monoisotopic (exact) mass is 468 g/mol. The maximum Gasteiger partial charge on any atom is 0.227 e. The molecule has 1 fully saturated rings. The fourth-order valence-corrected chi connectivity index (χ4v) is 5.41. The smallest absolute Gasteiger partial charge is 0.227 e. The molecule has 0 bridgehead atoms. The first-order valence-electron chi connectivity index (χ1n) is 12.3. The van der Waals surface area contributed by atoms with Gasteiger partial charge in [-0.1, -0.05) is 30.3 Å². The fraction of sp³-hybridized carbons (Fsp3) is 0.333. The molecule has 0 unspecified atom stereocenters. The Balaban J connectivity index is 1.09. The van der Waals surface area contributed by atoms with Crippen molar-refractivity contribution in [2.45, 2.75) is 51.9 Å². The minimum Gasteiger partial charge on any atom is -0.369 e. The number of rotatable bonds is 5. The van der Waals surface area contributed by atoms with Crippen molar-refractivity contribution in [1.29, 1.82) is 0 Å². The molecule has 0 aliphatic carbocycles. The van der Waals surface area contributed by atoms with Gasteiger partial charge in [0.05, 0.1) is 17.1 Å². The number of aromatic nitrogens is 2. The van der Waals surface area contributed by atoms with Crippen LogP contribution in [0.2, 0.25) is 0 Å². The van der Waals surface area contributed by atoms with Crippen molar-refractivity contribution in [2.75, 3.05) is 22.7 Å². The lowest BCUT2D eigenvalue weighted by atomic mass is 9.95. The lowest BCUT2D eigenvalue weighted by Crippen LogP contribution is -2.46. The zero-order chi connectivity index (χ0) is 23.9. The third kappa shape index (κ3) is 4.31. The molecule has 0 amide bonds. The normalized spacial score (nSPS) is 21.1. The van der Waals surface area contributed by atoms with Gasteiger partial charge in [-0.25, -0.2) is 9.97 Å². The van der Waals surface area contributed by atoms with Gasteiger partial charge in [-0.05, 0) is 56.5 Å². The standard InChI is InChI=1S/C27H32N8/c1-17-4-7-22(8-5-17)29-27-28-14-21-15-34(16-26(21)30-27)23-10-11-35(18(2)12-23)19(3)20-6-9-24-25(13-20)32-33-31-24/h4-9,13-14,18,23,31-33H,3,10-12,15-16H2,1-2H3,(H,28,29,30)/t18-,23+/m1/s1. The highest BCUT2D eigenvalue weighted by molar-refractivity contribution is 5.77.